The Bertz CT molecular complexity index is 360. The molecule has 0 unspecified atom stereocenters. The Hall–Kier alpha value is -0.650. The average molecular weight is 291 g/mol. The van der Waals surface area contributed by atoms with E-state index in [0.717, 1.165) is 5.56 Å². The van der Waals surface area contributed by atoms with E-state index in [1.165, 1.54) is 0 Å². The van der Waals surface area contributed by atoms with Crippen molar-refractivity contribution >= 4 is 21.6 Å². The molecular weight excluding hydrogens is 275 g/mol. The lowest BCUT2D eigenvalue weighted by molar-refractivity contribution is 0.302. The van der Waals surface area contributed by atoms with E-state index in [1.807, 2.05) is 6.92 Å². The Morgan fingerprint density at radius 2 is 2.19 bits per heavy atom. The van der Waals surface area contributed by atoms with E-state index in [-0.39, 0.29) is 12.4 Å². The summed E-state index contributed by atoms with van der Waals surface area (Å²) in [6, 6.07) is 3.49. The van der Waals surface area contributed by atoms with Crippen LogP contribution in [-0.4, -0.2) is 24.8 Å². The maximum atomic E-state index is 14.0. The molecule has 0 aliphatic heterocycles. The molecule has 0 amide bonds. The third-order valence-electron chi connectivity index (χ3n) is 2.45. The second-order valence-electron chi connectivity index (χ2n) is 3.38. The summed E-state index contributed by atoms with van der Waals surface area (Å²) in [6.07, 6.45) is 0. The number of hydrogen-bond donors (Lipinski definition) is 2. The summed E-state index contributed by atoms with van der Waals surface area (Å²) < 4.78 is 14.4. The van der Waals surface area contributed by atoms with Gasteiger partial charge < -0.3 is 15.7 Å². The van der Waals surface area contributed by atoms with Crippen molar-refractivity contribution in [3.05, 3.63) is 28.0 Å². The Morgan fingerprint density at radius 3 is 2.69 bits per heavy atom. The molecule has 1 rings (SSSR count). The summed E-state index contributed by atoms with van der Waals surface area (Å²) in [5, 5.41) is 8.89. The molecule has 0 heterocycles. The molecule has 3 nitrogen and oxygen atoms in total. The summed E-state index contributed by atoms with van der Waals surface area (Å²) >= 11 is 3.20. The third-order valence-corrected chi connectivity index (χ3v) is 3.31. The van der Waals surface area contributed by atoms with Crippen LogP contribution in [0.1, 0.15) is 12.5 Å². The average Bonchev–Trinajstić information content (AvgIpc) is 2.30. The fraction of sp³-hybridized carbons (Fsp3) is 0.455. The zero-order valence-corrected chi connectivity index (χ0v) is 10.8. The first kappa shape index (κ1) is 13.4. The monoisotopic (exact) mass is 290 g/mol. The molecule has 90 valence electrons. The fourth-order valence-corrected chi connectivity index (χ4v) is 2.05. The summed E-state index contributed by atoms with van der Waals surface area (Å²) in [5.41, 5.74) is 6.71. The Labute approximate surface area is 103 Å². The highest BCUT2D eigenvalue weighted by atomic mass is 79.9. The zero-order chi connectivity index (χ0) is 12.1. The molecular formula is C11H16BrFN2O. The predicted molar refractivity (Wildman–Crippen MR) is 67.0 cm³/mol. The van der Waals surface area contributed by atoms with Crippen LogP contribution >= 0.6 is 15.9 Å². The van der Waals surface area contributed by atoms with Crippen LogP contribution in [0.25, 0.3) is 0 Å². The summed E-state index contributed by atoms with van der Waals surface area (Å²) in [5.74, 6) is -0.321. The molecule has 0 saturated heterocycles. The Kier molecular flexibility index (Phi) is 5.18. The second kappa shape index (κ2) is 6.18. The van der Waals surface area contributed by atoms with Gasteiger partial charge >= 0.3 is 0 Å². The zero-order valence-electron chi connectivity index (χ0n) is 9.21. The Morgan fingerprint density at radius 1 is 1.50 bits per heavy atom. The summed E-state index contributed by atoms with van der Waals surface area (Å²) in [4.78, 5) is 1.78. The fourth-order valence-electron chi connectivity index (χ4n) is 1.55. The normalized spacial score (nSPS) is 10.6. The minimum absolute atomic E-state index is 0.00351. The number of aliphatic hydroxyl groups is 1. The molecule has 0 fully saturated rings. The number of nitrogens with two attached hydrogens (primary N) is 1. The third kappa shape index (κ3) is 2.72. The summed E-state index contributed by atoms with van der Waals surface area (Å²) in [6.45, 7) is 3.28. The van der Waals surface area contributed by atoms with Gasteiger partial charge in [-0.25, -0.2) is 4.39 Å². The van der Waals surface area contributed by atoms with Gasteiger partial charge in [0.15, 0.2) is 5.82 Å². The lowest BCUT2D eigenvalue weighted by Crippen LogP contribution is -2.27. The topological polar surface area (TPSA) is 49.5 Å². The van der Waals surface area contributed by atoms with Crippen LogP contribution in [0.5, 0.6) is 0 Å². The minimum atomic E-state index is -0.321. The highest BCUT2D eigenvalue weighted by Gasteiger charge is 2.14. The lowest BCUT2D eigenvalue weighted by Gasteiger charge is -2.23. The number of anilines is 1. The first-order valence-electron chi connectivity index (χ1n) is 5.18. The van der Waals surface area contributed by atoms with Gasteiger partial charge in [-0.3, -0.25) is 0 Å². The van der Waals surface area contributed by atoms with Gasteiger partial charge in [-0.2, -0.15) is 0 Å². The molecule has 1 aromatic carbocycles. The van der Waals surface area contributed by atoms with Crippen molar-refractivity contribution in [3.63, 3.8) is 0 Å². The molecule has 0 saturated carbocycles. The van der Waals surface area contributed by atoms with Crippen LogP contribution < -0.4 is 10.6 Å². The van der Waals surface area contributed by atoms with Crippen molar-refractivity contribution in [2.24, 2.45) is 5.73 Å². The first-order valence-corrected chi connectivity index (χ1v) is 5.97. The predicted octanol–water partition coefficient (Wildman–Crippen LogP) is 1.87. The van der Waals surface area contributed by atoms with Gasteiger partial charge in [0.2, 0.25) is 0 Å². The number of hydrogen-bond acceptors (Lipinski definition) is 3. The van der Waals surface area contributed by atoms with E-state index < -0.39 is 0 Å². The molecule has 0 aliphatic carbocycles. The number of rotatable bonds is 5. The van der Waals surface area contributed by atoms with Gasteiger partial charge in [0.05, 0.1) is 16.8 Å². The number of benzene rings is 1. The van der Waals surface area contributed by atoms with E-state index in [0.29, 0.717) is 29.8 Å². The van der Waals surface area contributed by atoms with Crippen molar-refractivity contribution in [2.45, 2.75) is 13.5 Å². The van der Waals surface area contributed by atoms with Crippen molar-refractivity contribution in [1.29, 1.82) is 0 Å². The largest absolute Gasteiger partial charge is 0.395 e. The van der Waals surface area contributed by atoms with Crippen LogP contribution in [-0.2, 0) is 6.54 Å². The quantitative estimate of drug-likeness (QED) is 0.870. The number of nitrogens with zero attached hydrogens (tertiary/aromatic N) is 1. The molecule has 0 aromatic heterocycles. The van der Waals surface area contributed by atoms with Crippen molar-refractivity contribution in [1.82, 2.24) is 0 Å². The smallest absolute Gasteiger partial charge is 0.160 e. The van der Waals surface area contributed by atoms with Gasteiger partial charge in [0.25, 0.3) is 0 Å². The number of halogens is 2. The molecule has 0 bridgehead atoms. The van der Waals surface area contributed by atoms with Gasteiger partial charge in [-0.1, -0.05) is 6.07 Å². The standard InChI is InChI=1S/C11H16BrFN2O/c1-2-15(5-6-16)9-4-3-8(7-14)10(12)11(9)13/h3-4,16H,2,5-7,14H2,1H3. The Balaban J connectivity index is 3.09. The van der Waals surface area contributed by atoms with Crippen molar-refractivity contribution in [2.75, 3.05) is 24.6 Å². The van der Waals surface area contributed by atoms with Gasteiger partial charge in [-0.05, 0) is 34.5 Å². The highest BCUT2D eigenvalue weighted by molar-refractivity contribution is 9.10. The molecule has 0 radical (unpaired) electrons. The molecule has 0 aliphatic rings. The molecule has 0 atom stereocenters. The van der Waals surface area contributed by atoms with Gasteiger partial charge in [0.1, 0.15) is 0 Å². The molecule has 0 spiro atoms. The highest BCUT2D eigenvalue weighted by Crippen LogP contribution is 2.29. The van der Waals surface area contributed by atoms with E-state index in [1.54, 1.807) is 17.0 Å². The second-order valence-corrected chi connectivity index (χ2v) is 4.17. The van der Waals surface area contributed by atoms with Crippen molar-refractivity contribution < 1.29 is 9.50 Å². The number of likely N-dealkylation sites (N-methyl/N-ethyl adjacent to an activating group) is 1. The molecule has 16 heavy (non-hydrogen) atoms. The first-order chi connectivity index (χ1) is 7.65. The maximum absolute atomic E-state index is 14.0. The van der Waals surface area contributed by atoms with Crippen LogP contribution in [0.4, 0.5) is 10.1 Å². The van der Waals surface area contributed by atoms with E-state index >= 15 is 0 Å². The van der Waals surface area contributed by atoms with E-state index in [9.17, 15) is 4.39 Å². The van der Waals surface area contributed by atoms with Crippen molar-refractivity contribution in [3.8, 4) is 0 Å². The van der Waals surface area contributed by atoms with E-state index in [4.69, 9.17) is 10.8 Å². The van der Waals surface area contributed by atoms with Crippen LogP contribution in [0, 0.1) is 5.82 Å². The van der Waals surface area contributed by atoms with Crippen LogP contribution in [0.15, 0.2) is 16.6 Å². The van der Waals surface area contributed by atoms with Crippen LogP contribution in [0.3, 0.4) is 0 Å². The maximum Gasteiger partial charge on any atom is 0.160 e. The van der Waals surface area contributed by atoms with Gasteiger partial charge in [0, 0.05) is 19.6 Å². The lowest BCUT2D eigenvalue weighted by atomic mass is 10.2. The SMILES string of the molecule is CCN(CCO)c1ccc(CN)c(Br)c1F. The van der Waals surface area contributed by atoms with Crippen LogP contribution in [0.2, 0.25) is 0 Å². The molecule has 1 aromatic rings. The summed E-state index contributed by atoms with van der Waals surface area (Å²) in [7, 11) is 0. The van der Waals surface area contributed by atoms with E-state index in [2.05, 4.69) is 15.9 Å². The van der Waals surface area contributed by atoms with Gasteiger partial charge in [-0.15, -0.1) is 0 Å². The number of aliphatic hydroxyl groups excluding tert-OH is 1. The minimum Gasteiger partial charge on any atom is -0.395 e. The molecule has 3 N–H and O–H groups in total. The molecule has 5 heteroatoms.